The minimum Gasteiger partial charge on any atom is -0.397 e. The van der Waals surface area contributed by atoms with Crippen LogP contribution in [0.2, 0.25) is 0 Å². The summed E-state index contributed by atoms with van der Waals surface area (Å²) >= 11 is 0. The van der Waals surface area contributed by atoms with Gasteiger partial charge in [-0.1, -0.05) is 0 Å². The first-order valence-electron chi connectivity index (χ1n) is 5.09. The number of benzene rings is 1. The molecule has 4 heteroatoms. The number of hydrogen-bond acceptors (Lipinski definition) is 3. The van der Waals surface area contributed by atoms with E-state index in [0.717, 1.165) is 0 Å². The number of nitrogens with two attached hydrogens (primary N) is 1. The lowest BCUT2D eigenvalue weighted by atomic mass is 10.0. The minimum atomic E-state index is -0.427. The smallest absolute Gasteiger partial charge is 0.211 e. The highest BCUT2D eigenvalue weighted by Crippen LogP contribution is 2.13. The van der Waals surface area contributed by atoms with Gasteiger partial charge in [0.1, 0.15) is 11.5 Å². The van der Waals surface area contributed by atoms with Gasteiger partial charge in [-0.3, -0.25) is 9.78 Å². The Morgan fingerprint density at radius 1 is 1.29 bits per heavy atom. The standard InChI is InChI=1S/C13H11FN2O/c1-8-4-9(6-10(14)5-8)13(17)12-3-2-11(15)7-16-12/h2-7H,15H2,1H3. The zero-order valence-corrected chi connectivity index (χ0v) is 9.27. The van der Waals surface area contributed by atoms with Crippen LogP contribution in [-0.4, -0.2) is 10.8 Å². The van der Waals surface area contributed by atoms with E-state index in [9.17, 15) is 9.18 Å². The number of nitrogens with zero attached hydrogens (tertiary/aromatic N) is 1. The van der Waals surface area contributed by atoms with Crippen LogP contribution in [0.3, 0.4) is 0 Å². The first-order valence-corrected chi connectivity index (χ1v) is 5.09. The Bertz CT molecular complexity index is 544. The van der Waals surface area contributed by atoms with E-state index in [2.05, 4.69) is 4.98 Å². The predicted molar refractivity (Wildman–Crippen MR) is 63.2 cm³/mol. The van der Waals surface area contributed by atoms with E-state index < -0.39 is 5.82 Å². The molecule has 0 aliphatic heterocycles. The number of carbonyl (C=O) groups is 1. The van der Waals surface area contributed by atoms with Gasteiger partial charge in [0.25, 0.3) is 0 Å². The molecule has 0 aliphatic carbocycles. The number of anilines is 1. The molecular formula is C13H11FN2O. The van der Waals surface area contributed by atoms with Crippen molar-refractivity contribution in [2.24, 2.45) is 0 Å². The highest BCUT2D eigenvalue weighted by atomic mass is 19.1. The van der Waals surface area contributed by atoms with Crippen LogP contribution in [0, 0.1) is 12.7 Å². The molecule has 86 valence electrons. The normalized spacial score (nSPS) is 10.2. The highest BCUT2D eigenvalue weighted by molar-refractivity contribution is 6.07. The van der Waals surface area contributed by atoms with Gasteiger partial charge < -0.3 is 5.73 Å². The maximum Gasteiger partial charge on any atom is 0.211 e. The maximum atomic E-state index is 13.2. The van der Waals surface area contributed by atoms with Gasteiger partial charge in [-0.05, 0) is 42.8 Å². The first-order chi connectivity index (χ1) is 8.06. The largest absolute Gasteiger partial charge is 0.397 e. The average Bonchev–Trinajstić information content (AvgIpc) is 2.28. The fourth-order valence-corrected chi connectivity index (χ4v) is 1.55. The fraction of sp³-hybridized carbons (Fsp3) is 0.0769. The second-order valence-corrected chi connectivity index (χ2v) is 3.82. The second kappa shape index (κ2) is 4.33. The Hall–Kier alpha value is -2.23. The molecule has 0 radical (unpaired) electrons. The van der Waals surface area contributed by atoms with Crippen molar-refractivity contribution in [3.05, 3.63) is 59.2 Å². The summed E-state index contributed by atoms with van der Waals surface area (Å²) < 4.78 is 13.2. The van der Waals surface area contributed by atoms with E-state index in [-0.39, 0.29) is 11.5 Å². The molecule has 0 amide bonds. The number of nitrogen functional groups attached to an aromatic ring is 1. The van der Waals surface area contributed by atoms with Gasteiger partial charge in [-0.15, -0.1) is 0 Å². The quantitative estimate of drug-likeness (QED) is 0.805. The number of halogens is 1. The van der Waals surface area contributed by atoms with Crippen molar-refractivity contribution in [3.8, 4) is 0 Å². The van der Waals surface area contributed by atoms with Crippen molar-refractivity contribution in [2.75, 3.05) is 5.73 Å². The lowest BCUT2D eigenvalue weighted by Crippen LogP contribution is -2.05. The third-order valence-electron chi connectivity index (χ3n) is 2.32. The van der Waals surface area contributed by atoms with Crippen molar-refractivity contribution >= 4 is 11.5 Å². The molecule has 3 nitrogen and oxygen atoms in total. The molecule has 0 saturated carbocycles. The number of carbonyl (C=O) groups excluding carboxylic acids is 1. The summed E-state index contributed by atoms with van der Waals surface area (Å²) in [5, 5.41) is 0. The molecule has 0 saturated heterocycles. The van der Waals surface area contributed by atoms with Gasteiger partial charge in [-0.25, -0.2) is 4.39 Å². The summed E-state index contributed by atoms with van der Waals surface area (Å²) in [6.07, 6.45) is 1.40. The molecule has 1 heterocycles. The Balaban J connectivity index is 2.40. The molecule has 2 N–H and O–H groups in total. The number of hydrogen-bond donors (Lipinski definition) is 1. The maximum absolute atomic E-state index is 13.2. The first kappa shape index (κ1) is 11.3. The Morgan fingerprint density at radius 2 is 2.06 bits per heavy atom. The second-order valence-electron chi connectivity index (χ2n) is 3.82. The van der Waals surface area contributed by atoms with Gasteiger partial charge in [0.2, 0.25) is 5.78 Å². The van der Waals surface area contributed by atoms with Crippen LogP contribution in [0.15, 0.2) is 36.5 Å². The van der Waals surface area contributed by atoms with Gasteiger partial charge in [0.15, 0.2) is 0 Å². The van der Waals surface area contributed by atoms with Crippen molar-refractivity contribution in [3.63, 3.8) is 0 Å². The van der Waals surface area contributed by atoms with Crippen molar-refractivity contribution < 1.29 is 9.18 Å². The van der Waals surface area contributed by atoms with Gasteiger partial charge in [0.05, 0.1) is 11.9 Å². The van der Waals surface area contributed by atoms with Crippen LogP contribution in [-0.2, 0) is 0 Å². The predicted octanol–water partition coefficient (Wildman–Crippen LogP) is 2.34. The van der Waals surface area contributed by atoms with Crippen LogP contribution >= 0.6 is 0 Å². The molecule has 1 aromatic carbocycles. The summed E-state index contributed by atoms with van der Waals surface area (Å²) in [6.45, 7) is 1.73. The monoisotopic (exact) mass is 230 g/mol. The number of aryl methyl sites for hydroxylation is 1. The van der Waals surface area contributed by atoms with Gasteiger partial charge in [0, 0.05) is 5.56 Å². The molecule has 17 heavy (non-hydrogen) atoms. The summed E-state index contributed by atoms with van der Waals surface area (Å²) in [5.41, 5.74) is 7.21. The lowest BCUT2D eigenvalue weighted by Gasteiger charge is -2.02. The average molecular weight is 230 g/mol. The summed E-state index contributed by atoms with van der Waals surface area (Å²) in [5.74, 6) is -0.739. The van der Waals surface area contributed by atoms with Crippen molar-refractivity contribution in [1.29, 1.82) is 0 Å². The fourth-order valence-electron chi connectivity index (χ4n) is 1.55. The molecule has 1 aromatic heterocycles. The van der Waals surface area contributed by atoms with E-state index in [1.807, 2.05) is 0 Å². The van der Waals surface area contributed by atoms with Crippen LogP contribution in [0.5, 0.6) is 0 Å². The van der Waals surface area contributed by atoms with Gasteiger partial charge in [-0.2, -0.15) is 0 Å². The topological polar surface area (TPSA) is 56.0 Å². The van der Waals surface area contributed by atoms with Crippen LogP contribution in [0.1, 0.15) is 21.6 Å². The third-order valence-corrected chi connectivity index (χ3v) is 2.32. The highest BCUT2D eigenvalue weighted by Gasteiger charge is 2.11. The SMILES string of the molecule is Cc1cc(F)cc(C(=O)c2ccc(N)cn2)c1. The Morgan fingerprint density at radius 3 is 2.65 bits per heavy atom. The minimum absolute atomic E-state index is 0.254. The van der Waals surface area contributed by atoms with Crippen molar-refractivity contribution in [2.45, 2.75) is 6.92 Å². The molecule has 0 aliphatic rings. The molecular weight excluding hydrogens is 219 g/mol. The Kier molecular flexibility index (Phi) is 2.87. The Labute approximate surface area is 98.1 Å². The zero-order chi connectivity index (χ0) is 12.4. The molecule has 0 fully saturated rings. The van der Waals surface area contributed by atoms with E-state index in [1.165, 1.54) is 24.4 Å². The summed E-state index contributed by atoms with van der Waals surface area (Å²) in [6, 6.07) is 7.31. The van der Waals surface area contributed by atoms with Gasteiger partial charge >= 0.3 is 0 Å². The van der Waals surface area contributed by atoms with Crippen LogP contribution in [0.25, 0.3) is 0 Å². The summed E-state index contributed by atoms with van der Waals surface area (Å²) in [7, 11) is 0. The van der Waals surface area contributed by atoms with E-state index in [0.29, 0.717) is 16.8 Å². The third kappa shape index (κ3) is 2.47. The van der Waals surface area contributed by atoms with E-state index in [1.54, 1.807) is 19.1 Å². The number of pyridine rings is 1. The van der Waals surface area contributed by atoms with Crippen molar-refractivity contribution in [1.82, 2.24) is 4.98 Å². The van der Waals surface area contributed by atoms with Crippen LogP contribution < -0.4 is 5.73 Å². The molecule has 0 bridgehead atoms. The van der Waals surface area contributed by atoms with E-state index in [4.69, 9.17) is 5.73 Å². The molecule has 2 rings (SSSR count). The lowest BCUT2D eigenvalue weighted by molar-refractivity contribution is 0.103. The van der Waals surface area contributed by atoms with E-state index >= 15 is 0 Å². The number of ketones is 1. The zero-order valence-electron chi connectivity index (χ0n) is 9.27. The van der Waals surface area contributed by atoms with Crippen LogP contribution in [0.4, 0.5) is 10.1 Å². The number of rotatable bonds is 2. The molecule has 0 unspecified atom stereocenters. The summed E-state index contributed by atoms with van der Waals surface area (Å²) in [4.78, 5) is 15.9. The molecule has 0 atom stereocenters. The molecule has 2 aromatic rings. The molecule has 0 spiro atoms. The number of aromatic nitrogens is 1.